The Balaban J connectivity index is 1.74. The predicted octanol–water partition coefficient (Wildman–Crippen LogP) is 4.16. The van der Waals surface area contributed by atoms with Gasteiger partial charge in [0.2, 0.25) is 0 Å². The van der Waals surface area contributed by atoms with Crippen LogP contribution in [0, 0.1) is 5.41 Å². The number of hydrogen-bond donors (Lipinski definition) is 1. The maximum absolute atomic E-state index is 12.6. The molecule has 2 fully saturated rings. The van der Waals surface area contributed by atoms with Crippen LogP contribution in [0.3, 0.4) is 0 Å². The summed E-state index contributed by atoms with van der Waals surface area (Å²) in [7, 11) is 0. The number of rotatable bonds is 6. The van der Waals surface area contributed by atoms with Gasteiger partial charge in [0.15, 0.2) is 0 Å². The highest BCUT2D eigenvalue weighted by Gasteiger charge is 2.56. The minimum absolute atomic E-state index is 0.309. The number of ether oxygens (including phenoxy) is 1. The Morgan fingerprint density at radius 2 is 1.71 bits per heavy atom. The fourth-order valence-electron chi connectivity index (χ4n) is 4.93. The van der Waals surface area contributed by atoms with Crippen molar-refractivity contribution >= 4 is 5.69 Å². The number of halogens is 3. The Labute approximate surface area is 180 Å². The first kappa shape index (κ1) is 21.9. The van der Waals surface area contributed by atoms with E-state index in [1.54, 1.807) is 12.4 Å². The van der Waals surface area contributed by atoms with Crippen LogP contribution in [0.5, 0.6) is 5.75 Å². The minimum Gasteiger partial charge on any atom is -0.406 e. The van der Waals surface area contributed by atoms with E-state index < -0.39 is 17.4 Å². The van der Waals surface area contributed by atoms with E-state index in [0.29, 0.717) is 24.2 Å². The average molecular weight is 435 g/mol. The molecule has 3 heterocycles. The predicted molar refractivity (Wildman–Crippen MR) is 112 cm³/mol. The number of benzene rings is 1. The number of anilines is 1. The van der Waals surface area contributed by atoms with Gasteiger partial charge >= 0.3 is 6.36 Å². The van der Waals surface area contributed by atoms with Gasteiger partial charge in [-0.1, -0.05) is 26.0 Å². The molecule has 1 aromatic carbocycles. The van der Waals surface area contributed by atoms with Gasteiger partial charge < -0.3 is 19.6 Å². The third-order valence-corrected chi connectivity index (χ3v) is 6.58. The summed E-state index contributed by atoms with van der Waals surface area (Å²) in [4.78, 5) is 8.88. The SMILES string of the molecule is CCN1CC(C)([C@](O)(c2ccc(OC(F)(F)F)cc2)c2cncc(N3CCCC3)c2)C1. The molecule has 0 spiro atoms. The number of aromatic nitrogens is 1. The van der Waals surface area contributed by atoms with Gasteiger partial charge in [-0.2, -0.15) is 0 Å². The molecule has 4 rings (SSSR count). The van der Waals surface area contributed by atoms with Crippen LogP contribution < -0.4 is 9.64 Å². The Morgan fingerprint density at radius 3 is 2.29 bits per heavy atom. The van der Waals surface area contributed by atoms with Gasteiger partial charge in [0.25, 0.3) is 0 Å². The first-order valence-electron chi connectivity index (χ1n) is 10.7. The van der Waals surface area contributed by atoms with E-state index in [9.17, 15) is 18.3 Å². The standard InChI is InChI=1S/C23H28F3N3O2/c1-3-28-15-21(2,16-28)22(30,17-6-8-20(9-7-17)31-23(24,25)26)18-12-19(14-27-13-18)29-10-4-5-11-29/h6-9,12-14,30H,3-5,10-11,15-16H2,1-2H3/t22-/m0/s1. The summed E-state index contributed by atoms with van der Waals surface area (Å²) in [5.74, 6) is -0.309. The van der Waals surface area contributed by atoms with Gasteiger partial charge in [-0.25, -0.2) is 0 Å². The van der Waals surface area contributed by atoms with Crippen molar-refractivity contribution in [1.29, 1.82) is 0 Å². The first-order valence-corrected chi connectivity index (χ1v) is 10.7. The first-order chi connectivity index (χ1) is 14.6. The lowest BCUT2D eigenvalue weighted by Gasteiger charge is -2.56. The van der Waals surface area contributed by atoms with Gasteiger partial charge in [0.1, 0.15) is 11.4 Å². The molecular weight excluding hydrogens is 407 g/mol. The van der Waals surface area contributed by atoms with E-state index in [4.69, 9.17) is 0 Å². The fourth-order valence-corrected chi connectivity index (χ4v) is 4.93. The molecule has 1 atom stereocenters. The number of likely N-dealkylation sites (tertiary alicyclic amines) is 1. The molecule has 0 saturated carbocycles. The molecule has 2 aromatic rings. The van der Waals surface area contributed by atoms with Crippen LogP contribution in [0.1, 0.15) is 37.8 Å². The second kappa shape index (κ2) is 7.98. The van der Waals surface area contributed by atoms with Gasteiger partial charge in [0.05, 0.1) is 11.9 Å². The van der Waals surface area contributed by atoms with Crippen molar-refractivity contribution in [2.75, 3.05) is 37.6 Å². The van der Waals surface area contributed by atoms with Crippen LogP contribution in [0.25, 0.3) is 0 Å². The van der Waals surface area contributed by atoms with E-state index in [1.807, 2.05) is 13.0 Å². The van der Waals surface area contributed by atoms with Crippen LogP contribution in [0.2, 0.25) is 0 Å². The van der Waals surface area contributed by atoms with Crippen LogP contribution in [-0.2, 0) is 5.60 Å². The molecule has 8 heteroatoms. The van der Waals surface area contributed by atoms with Crippen molar-refractivity contribution in [1.82, 2.24) is 9.88 Å². The zero-order valence-corrected chi connectivity index (χ0v) is 17.8. The van der Waals surface area contributed by atoms with Gasteiger partial charge in [-0.3, -0.25) is 4.98 Å². The van der Waals surface area contributed by atoms with E-state index in [0.717, 1.165) is 38.2 Å². The lowest BCUT2D eigenvalue weighted by Crippen LogP contribution is -2.64. The summed E-state index contributed by atoms with van der Waals surface area (Å²) in [5, 5.41) is 12.2. The second-order valence-corrected chi connectivity index (χ2v) is 8.77. The molecule has 1 N–H and O–H groups in total. The molecule has 0 unspecified atom stereocenters. The van der Waals surface area contributed by atoms with E-state index >= 15 is 0 Å². The number of nitrogens with zero attached hydrogens (tertiary/aromatic N) is 3. The topological polar surface area (TPSA) is 48.8 Å². The Bertz CT molecular complexity index is 907. The summed E-state index contributed by atoms with van der Waals surface area (Å²) in [5.41, 5.74) is 0.222. The van der Waals surface area contributed by atoms with Gasteiger partial charge in [0, 0.05) is 43.4 Å². The highest BCUT2D eigenvalue weighted by molar-refractivity contribution is 5.51. The van der Waals surface area contributed by atoms with E-state index in [2.05, 4.69) is 26.4 Å². The van der Waals surface area contributed by atoms with Crippen molar-refractivity contribution in [2.45, 2.75) is 38.7 Å². The number of aliphatic hydroxyl groups is 1. The monoisotopic (exact) mass is 435 g/mol. The lowest BCUT2D eigenvalue weighted by atomic mass is 9.62. The molecule has 2 aliphatic rings. The largest absolute Gasteiger partial charge is 0.573 e. The molecule has 2 aliphatic heterocycles. The summed E-state index contributed by atoms with van der Waals surface area (Å²) < 4.78 is 41.7. The van der Waals surface area contributed by atoms with Crippen LogP contribution in [0.4, 0.5) is 18.9 Å². The number of alkyl halides is 3. The van der Waals surface area contributed by atoms with Gasteiger partial charge in [-0.15, -0.1) is 13.2 Å². The van der Waals surface area contributed by atoms with Crippen LogP contribution >= 0.6 is 0 Å². The smallest absolute Gasteiger partial charge is 0.406 e. The van der Waals surface area contributed by atoms with Gasteiger partial charge in [-0.05, 0) is 43.1 Å². The third-order valence-electron chi connectivity index (χ3n) is 6.58. The molecule has 168 valence electrons. The molecule has 1 aromatic heterocycles. The van der Waals surface area contributed by atoms with Crippen molar-refractivity contribution in [2.24, 2.45) is 5.41 Å². The quantitative estimate of drug-likeness (QED) is 0.739. The van der Waals surface area contributed by atoms with Crippen LogP contribution in [-0.4, -0.2) is 54.1 Å². The summed E-state index contributed by atoms with van der Waals surface area (Å²) in [6, 6.07) is 7.52. The number of hydrogen-bond acceptors (Lipinski definition) is 5. The maximum atomic E-state index is 12.6. The fraction of sp³-hybridized carbons (Fsp3) is 0.522. The average Bonchev–Trinajstić information content (AvgIpc) is 3.25. The molecule has 5 nitrogen and oxygen atoms in total. The number of pyridine rings is 1. The molecule has 31 heavy (non-hydrogen) atoms. The Kier molecular flexibility index (Phi) is 5.64. The lowest BCUT2D eigenvalue weighted by molar-refractivity contribution is -0.274. The highest BCUT2D eigenvalue weighted by atomic mass is 19.4. The highest BCUT2D eigenvalue weighted by Crippen LogP contribution is 2.51. The molecule has 0 bridgehead atoms. The minimum atomic E-state index is -4.76. The van der Waals surface area contributed by atoms with Crippen molar-refractivity contribution in [3.05, 3.63) is 53.9 Å². The second-order valence-electron chi connectivity index (χ2n) is 8.77. The third kappa shape index (κ3) is 4.11. The normalized spacial score (nSPS) is 20.9. The van der Waals surface area contributed by atoms with E-state index in [-0.39, 0.29) is 5.75 Å². The Morgan fingerprint density at radius 1 is 1.06 bits per heavy atom. The van der Waals surface area contributed by atoms with Crippen molar-refractivity contribution in [3.8, 4) is 5.75 Å². The summed E-state index contributed by atoms with van der Waals surface area (Å²) >= 11 is 0. The van der Waals surface area contributed by atoms with E-state index in [1.165, 1.54) is 24.3 Å². The van der Waals surface area contributed by atoms with Crippen molar-refractivity contribution in [3.63, 3.8) is 0 Å². The zero-order chi connectivity index (χ0) is 22.3. The van der Waals surface area contributed by atoms with Crippen LogP contribution in [0.15, 0.2) is 42.7 Å². The molecule has 0 aliphatic carbocycles. The summed E-state index contributed by atoms with van der Waals surface area (Å²) in [6.45, 7) is 8.21. The maximum Gasteiger partial charge on any atom is 0.573 e. The Hall–Kier alpha value is -2.32. The van der Waals surface area contributed by atoms with Crippen molar-refractivity contribution < 1.29 is 23.0 Å². The molecular formula is C23H28F3N3O2. The zero-order valence-electron chi connectivity index (χ0n) is 17.8. The molecule has 0 radical (unpaired) electrons. The molecule has 0 amide bonds. The summed E-state index contributed by atoms with van der Waals surface area (Å²) in [6.07, 6.45) is 0.959. The molecule has 2 saturated heterocycles.